The zero-order valence-electron chi connectivity index (χ0n) is 10.5. The molecule has 2 unspecified atom stereocenters. The zero-order valence-corrected chi connectivity index (χ0v) is 10.5. The van der Waals surface area contributed by atoms with E-state index >= 15 is 0 Å². The number of aromatic amines is 1. The van der Waals surface area contributed by atoms with Gasteiger partial charge in [0, 0.05) is 11.6 Å². The van der Waals surface area contributed by atoms with Crippen LogP contribution in [0.25, 0.3) is 10.9 Å². The Labute approximate surface area is 110 Å². The lowest BCUT2D eigenvalue weighted by Crippen LogP contribution is -2.48. The van der Waals surface area contributed by atoms with E-state index in [1.54, 1.807) is 12.4 Å². The van der Waals surface area contributed by atoms with Gasteiger partial charge in [0.1, 0.15) is 5.69 Å². The molecule has 2 N–H and O–H groups in total. The van der Waals surface area contributed by atoms with Crippen molar-refractivity contribution in [3.63, 3.8) is 0 Å². The summed E-state index contributed by atoms with van der Waals surface area (Å²) >= 11 is 0. The van der Waals surface area contributed by atoms with Crippen molar-refractivity contribution < 1.29 is 9.53 Å². The van der Waals surface area contributed by atoms with E-state index in [0.29, 0.717) is 18.4 Å². The number of rotatable bonds is 2. The molecular formula is C14H15N3O2. The van der Waals surface area contributed by atoms with Crippen LogP contribution in [0.15, 0.2) is 24.5 Å². The van der Waals surface area contributed by atoms with Crippen LogP contribution in [0, 0.1) is 0 Å². The van der Waals surface area contributed by atoms with E-state index in [1.165, 1.54) is 0 Å². The van der Waals surface area contributed by atoms with Crippen molar-refractivity contribution in [3.8, 4) is 0 Å². The number of carbonyl (C=O) groups is 1. The van der Waals surface area contributed by atoms with Gasteiger partial charge in [-0.05, 0) is 31.4 Å². The predicted molar refractivity (Wildman–Crippen MR) is 69.9 cm³/mol. The average Bonchev–Trinajstić information content (AvgIpc) is 3.11. The van der Waals surface area contributed by atoms with Crippen molar-refractivity contribution in [2.75, 3.05) is 6.61 Å². The highest BCUT2D eigenvalue weighted by molar-refractivity contribution is 5.98. The topological polar surface area (TPSA) is 67.0 Å². The Hall–Kier alpha value is -1.88. The molecule has 19 heavy (non-hydrogen) atoms. The Morgan fingerprint density at radius 3 is 3.21 bits per heavy atom. The molecular weight excluding hydrogens is 242 g/mol. The van der Waals surface area contributed by atoms with Crippen LogP contribution in [0.4, 0.5) is 0 Å². The van der Waals surface area contributed by atoms with Crippen molar-refractivity contribution in [1.82, 2.24) is 15.3 Å². The number of H-pyrrole nitrogens is 1. The molecule has 0 aromatic carbocycles. The number of nitrogens with zero attached hydrogens (tertiary/aromatic N) is 1. The number of amides is 1. The summed E-state index contributed by atoms with van der Waals surface area (Å²) in [6, 6.07) is 3.76. The minimum absolute atomic E-state index is 0.0534. The minimum Gasteiger partial charge on any atom is -0.376 e. The molecule has 1 amide bonds. The lowest BCUT2D eigenvalue weighted by Gasteiger charge is -2.26. The molecule has 1 aliphatic carbocycles. The standard InChI is InChI=1S/C14H15N3O2/c18-13(17-14-3-1-10(6-14)19-8-14)11-5-9-2-4-15-7-12(9)16-11/h2,4-5,7,10,16H,1,3,6,8H2,(H,17,18). The molecule has 3 heterocycles. The second-order valence-electron chi connectivity index (χ2n) is 5.56. The first kappa shape index (κ1) is 11.0. The molecule has 4 rings (SSSR count). The highest BCUT2D eigenvalue weighted by Crippen LogP contribution is 2.39. The molecule has 1 aliphatic heterocycles. The molecule has 0 radical (unpaired) electrons. The highest BCUT2D eigenvalue weighted by atomic mass is 16.5. The molecule has 0 spiro atoms. The number of fused-ring (bicyclic) bond motifs is 3. The van der Waals surface area contributed by atoms with E-state index < -0.39 is 0 Å². The summed E-state index contributed by atoms with van der Waals surface area (Å²) in [5, 5.41) is 4.15. The Kier molecular flexibility index (Phi) is 2.20. The first-order valence-corrected chi connectivity index (χ1v) is 6.61. The summed E-state index contributed by atoms with van der Waals surface area (Å²) in [7, 11) is 0. The fourth-order valence-corrected chi connectivity index (χ4v) is 3.18. The monoisotopic (exact) mass is 257 g/mol. The van der Waals surface area contributed by atoms with Gasteiger partial charge in [-0.2, -0.15) is 0 Å². The van der Waals surface area contributed by atoms with E-state index in [-0.39, 0.29) is 11.4 Å². The van der Waals surface area contributed by atoms with Crippen molar-refractivity contribution in [3.05, 3.63) is 30.2 Å². The molecule has 2 aromatic rings. The van der Waals surface area contributed by atoms with Gasteiger partial charge in [-0.3, -0.25) is 9.78 Å². The summed E-state index contributed by atoms with van der Waals surface area (Å²) in [6.07, 6.45) is 6.81. The third kappa shape index (κ3) is 1.73. The molecule has 98 valence electrons. The third-order valence-electron chi connectivity index (χ3n) is 4.21. The van der Waals surface area contributed by atoms with Gasteiger partial charge in [0.15, 0.2) is 0 Å². The molecule has 1 saturated heterocycles. The van der Waals surface area contributed by atoms with Crippen LogP contribution in [0.3, 0.4) is 0 Å². The molecule has 2 atom stereocenters. The van der Waals surface area contributed by atoms with Crippen LogP contribution in [0.2, 0.25) is 0 Å². The lowest BCUT2D eigenvalue weighted by atomic mass is 10.00. The van der Waals surface area contributed by atoms with Gasteiger partial charge in [0.05, 0.1) is 30.0 Å². The molecule has 1 saturated carbocycles. The lowest BCUT2D eigenvalue weighted by molar-refractivity contribution is 0.0584. The van der Waals surface area contributed by atoms with Crippen LogP contribution in [0.1, 0.15) is 29.8 Å². The van der Waals surface area contributed by atoms with Gasteiger partial charge in [-0.1, -0.05) is 0 Å². The number of hydrogen-bond donors (Lipinski definition) is 2. The van der Waals surface area contributed by atoms with Gasteiger partial charge in [0.2, 0.25) is 0 Å². The number of nitrogens with one attached hydrogen (secondary N) is 2. The van der Waals surface area contributed by atoms with E-state index in [9.17, 15) is 4.79 Å². The summed E-state index contributed by atoms with van der Waals surface area (Å²) in [4.78, 5) is 19.5. The van der Waals surface area contributed by atoms with Crippen molar-refractivity contribution in [2.24, 2.45) is 0 Å². The average molecular weight is 257 g/mol. The maximum atomic E-state index is 12.3. The van der Waals surface area contributed by atoms with Crippen LogP contribution in [-0.2, 0) is 4.74 Å². The minimum atomic E-state index is -0.142. The van der Waals surface area contributed by atoms with Crippen LogP contribution in [-0.4, -0.2) is 34.1 Å². The third-order valence-corrected chi connectivity index (χ3v) is 4.21. The quantitative estimate of drug-likeness (QED) is 0.859. The molecule has 2 fully saturated rings. The van der Waals surface area contributed by atoms with Crippen LogP contribution < -0.4 is 5.32 Å². The molecule has 2 bridgehead atoms. The second-order valence-corrected chi connectivity index (χ2v) is 5.56. The Morgan fingerprint density at radius 1 is 1.58 bits per heavy atom. The van der Waals surface area contributed by atoms with Gasteiger partial charge < -0.3 is 15.0 Å². The normalized spacial score (nSPS) is 28.9. The summed E-state index contributed by atoms with van der Waals surface area (Å²) in [5.41, 5.74) is 1.34. The van der Waals surface area contributed by atoms with Crippen LogP contribution in [0.5, 0.6) is 0 Å². The summed E-state index contributed by atoms with van der Waals surface area (Å²) in [6.45, 7) is 0.644. The van der Waals surface area contributed by atoms with E-state index in [0.717, 1.165) is 30.2 Å². The SMILES string of the molecule is O=C(NC12CCC(C1)OC2)c1cc2ccncc2[nH]1. The number of aromatic nitrogens is 2. The zero-order chi connectivity index (χ0) is 12.9. The number of pyridine rings is 1. The van der Waals surface area contributed by atoms with Gasteiger partial charge in [-0.15, -0.1) is 0 Å². The van der Waals surface area contributed by atoms with E-state index in [4.69, 9.17) is 4.74 Å². The van der Waals surface area contributed by atoms with Crippen molar-refractivity contribution in [1.29, 1.82) is 0 Å². The van der Waals surface area contributed by atoms with Gasteiger partial charge in [0.25, 0.3) is 5.91 Å². The summed E-state index contributed by atoms with van der Waals surface area (Å²) < 4.78 is 5.62. The van der Waals surface area contributed by atoms with E-state index in [1.807, 2.05) is 12.1 Å². The van der Waals surface area contributed by atoms with Gasteiger partial charge in [-0.25, -0.2) is 0 Å². The maximum absolute atomic E-state index is 12.3. The Balaban J connectivity index is 1.60. The Bertz CT molecular complexity index is 608. The Morgan fingerprint density at radius 2 is 2.53 bits per heavy atom. The predicted octanol–water partition coefficient (Wildman–Crippen LogP) is 1.61. The smallest absolute Gasteiger partial charge is 0.268 e. The molecule has 5 nitrogen and oxygen atoms in total. The summed E-state index contributed by atoms with van der Waals surface area (Å²) in [5.74, 6) is -0.0534. The van der Waals surface area contributed by atoms with Crippen LogP contribution >= 0.6 is 0 Å². The highest BCUT2D eigenvalue weighted by Gasteiger charge is 2.47. The fourth-order valence-electron chi connectivity index (χ4n) is 3.18. The first-order valence-electron chi connectivity index (χ1n) is 6.61. The molecule has 5 heteroatoms. The van der Waals surface area contributed by atoms with Gasteiger partial charge >= 0.3 is 0 Å². The largest absolute Gasteiger partial charge is 0.376 e. The van der Waals surface area contributed by atoms with E-state index in [2.05, 4.69) is 15.3 Å². The van der Waals surface area contributed by atoms with Crippen molar-refractivity contribution >= 4 is 16.8 Å². The van der Waals surface area contributed by atoms with Crippen molar-refractivity contribution in [2.45, 2.75) is 30.9 Å². The second kappa shape index (κ2) is 3.81. The number of ether oxygens (including phenoxy) is 1. The number of carbonyl (C=O) groups excluding carboxylic acids is 1. The molecule has 2 aliphatic rings. The number of hydrogen-bond acceptors (Lipinski definition) is 3. The maximum Gasteiger partial charge on any atom is 0.268 e. The fraction of sp³-hybridized carbons (Fsp3) is 0.429. The first-order chi connectivity index (χ1) is 9.24. The molecule has 2 aromatic heterocycles.